The van der Waals surface area contributed by atoms with Crippen LogP contribution in [0.15, 0.2) is 24.4 Å². The standard InChI is InChI=1S/C23H31N3O3/c1-15-7-8-17(10-16(15)2)12-26-13-18-6-5-9-23(27,20(18)14-26)19-11-24-22(29-4)25-21(19)28-3/h7-8,10-11,18,20,27H,5-6,9,12-14H2,1-4H3. The van der Waals surface area contributed by atoms with Crippen LogP contribution in [0.25, 0.3) is 0 Å². The first-order valence-electron chi connectivity index (χ1n) is 10.4. The van der Waals surface area contributed by atoms with Crippen LogP contribution in [0.3, 0.4) is 0 Å². The normalized spacial score (nSPS) is 26.9. The summed E-state index contributed by atoms with van der Waals surface area (Å²) < 4.78 is 10.6. The van der Waals surface area contributed by atoms with Crippen LogP contribution in [0.5, 0.6) is 11.9 Å². The fourth-order valence-electron chi connectivity index (χ4n) is 5.14. The van der Waals surface area contributed by atoms with Crippen LogP contribution in [0.1, 0.15) is 41.5 Å². The quantitative estimate of drug-likeness (QED) is 0.836. The van der Waals surface area contributed by atoms with Gasteiger partial charge in [0.2, 0.25) is 5.88 Å². The molecule has 0 bridgehead atoms. The molecule has 6 nitrogen and oxygen atoms in total. The highest BCUT2D eigenvalue weighted by Gasteiger charge is 2.51. The number of aromatic nitrogens is 2. The monoisotopic (exact) mass is 397 g/mol. The summed E-state index contributed by atoms with van der Waals surface area (Å²) in [7, 11) is 3.11. The zero-order chi connectivity index (χ0) is 20.6. The van der Waals surface area contributed by atoms with Gasteiger partial charge in [-0.3, -0.25) is 4.90 Å². The van der Waals surface area contributed by atoms with E-state index in [2.05, 4.69) is 46.9 Å². The van der Waals surface area contributed by atoms with Crippen LogP contribution in [-0.2, 0) is 12.1 Å². The van der Waals surface area contributed by atoms with E-state index in [0.717, 1.165) is 32.5 Å². The SMILES string of the molecule is COc1ncc(C2(O)CCCC3CN(Cc4ccc(C)c(C)c4)CC32)c(OC)n1. The molecule has 2 fully saturated rings. The summed E-state index contributed by atoms with van der Waals surface area (Å²) in [5, 5.41) is 11.8. The minimum absolute atomic E-state index is 0.147. The lowest BCUT2D eigenvalue weighted by Gasteiger charge is -2.41. The van der Waals surface area contributed by atoms with Crippen molar-refractivity contribution in [2.24, 2.45) is 11.8 Å². The highest BCUT2D eigenvalue weighted by atomic mass is 16.5. The van der Waals surface area contributed by atoms with Crippen molar-refractivity contribution in [3.8, 4) is 11.9 Å². The summed E-state index contributed by atoms with van der Waals surface area (Å²) in [6, 6.07) is 6.95. The molecule has 1 aromatic heterocycles. The molecule has 2 aliphatic rings. The molecular weight excluding hydrogens is 366 g/mol. The molecule has 3 atom stereocenters. The average Bonchev–Trinajstić information content (AvgIpc) is 3.14. The second kappa shape index (κ2) is 7.92. The zero-order valence-electron chi connectivity index (χ0n) is 17.8. The molecular formula is C23H31N3O3. The first kappa shape index (κ1) is 20.1. The number of benzene rings is 1. The van der Waals surface area contributed by atoms with Gasteiger partial charge in [0, 0.05) is 31.7 Å². The topological polar surface area (TPSA) is 67.7 Å². The van der Waals surface area contributed by atoms with Gasteiger partial charge in [-0.25, -0.2) is 4.98 Å². The van der Waals surface area contributed by atoms with Crippen LogP contribution >= 0.6 is 0 Å². The largest absolute Gasteiger partial charge is 0.481 e. The van der Waals surface area contributed by atoms with E-state index in [1.54, 1.807) is 13.3 Å². The molecule has 1 N–H and O–H groups in total. The van der Waals surface area contributed by atoms with Crippen molar-refractivity contribution in [3.63, 3.8) is 0 Å². The van der Waals surface area contributed by atoms with E-state index < -0.39 is 5.60 Å². The Balaban J connectivity index is 1.58. The fourth-order valence-corrected chi connectivity index (χ4v) is 5.14. The number of hydrogen-bond acceptors (Lipinski definition) is 6. The molecule has 1 saturated carbocycles. The maximum absolute atomic E-state index is 11.8. The van der Waals surface area contributed by atoms with Crippen molar-refractivity contribution >= 4 is 0 Å². The Hall–Kier alpha value is -2.18. The number of methoxy groups -OCH3 is 2. The summed E-state index contributed by atoms with van der Waals surface area (Å²) in [4.78, 5) is 11.1. The van der Waals surface area contributed by atoms with Crippen molar-refractivity contribution in [3.05, 3.63) is 46.6 Å². The van der Waals surface area contributed by atoms with Crippen molar-refractivity contribution < 1.29 is 14.6 Å². The van der Waals surface area contributed by atoms with E-state index in [1.807, 2.05) is 0 Å². The molecule has 0 spiro atoms. The smallest absolute Gasteiger partial charge is 0.319 e. The second-order valence-electron chi connectivity index (χ2n) is 8.58. The van der Waals surface area contributed by atoms with Gasteiger partial charge < -0.3 is 14.6 Å². The van der Waals surface area contributed by atoms with E-state index in [4.69, 9.17) is 9.47 Å². The number of rotatable bonds is 5. The minimum Gasteiger partial charge on any atom is -0.481 e. The van der Waals surface area contributed by atoms with Crippen LogP contribution in [-0.4, -0.2) is 47.3 Å². The van der Waals surface area contributed by atoms with Gasteiger partial charge in [-0.1, -0.05) is 18.2 Å². The maximum Gasteiger partial charge on any atom is 0.319 e. The molecule has 0 amide bonds. The number of aliphatic hydroxyl groups is 1. The third-order valence-electron chi connectivity index (χ3n) is 6.81. The summed E-state index contributed by atoms with van der Waals surface area (Å²) in [5.41, 5.74) is 3.70. The van der Waals surface area contributed by atoms with Crippen LogP contribution < -0.4 is 9.47 Å². The van der Waals surface area contributed by atoms with Gasteiger partial charge in [-0.2, -0.15) is 4.98 Å². The average molecular weight is 398 g/mol. The Morgan fingerprint density at radius 2 is 2.00 bits per heavy atom. The Bertz CT molecular complexity index is 888. The summed E-state index contributed by atoms with van der Waals surface area (Å²) in [6.07, 6.45) is 4.52. The molecule has 1 aromatic carbocycles. The zero-order valence-corrected chi connectivity index (χ0v) is 17.8. The van der Waals surface area contributed by atoms with Crippen molar-refractivity contribution in [2.75, 3.05) is 27.3 Å². The van der Waals surface area contributed by atoms with E-state index in [9.17, 15) is 5.11 Å². The van der Waals surface area contributed by atoms with Crippen LogP contribution in [0.4, 0.5) is 0 Å². The third-order valence-corrected chi connectivity index (χ3v) is 6.81. The van der Waals surface area contributed by atoms with Gasteiger partial charge in [0.15, 0.2) is 0 Å². The van der Waals surface area contributed by atoms with Crippen molar-refractivity contribution in [1.82, 2.24) is 14.9 Å². The molecule has 3 unspecified atom stereocenters. The molecule has 156 valence electrons. The lowest BCUT2D eigenvalue weighted by molar-refractivity contribution is -0.0669. The first-order chi connectivity index (χ1) is 13.9. The van der Waals surface area contributed by atoms with Gasteiger partial charge in [0.1, 0.15) is 5.60 Å². The van der Waals surface area contributed by atoms with Crippen molar-refractivity contribution in [1.29, 1.82) is 0 Å². The number of fused-ring (bicyclic) bond motifs is 1. The Kier molecular flexibility index (Phi) is 5.49. The van der Waals surface area contributed by atoms with Gasteiger partial charge in [-0.15, -0.1) is 0 Å². The Labute approximate surface area is 172 Å². The van der Waals surface area contributed by atoms with Crippen molar-refractivity contribution in [2.45, 2.75) is 45.3 Å². The highest BCUT2D eigenvalue weighted by molar-refractivity contribution is 5.34. The Morgan fingerprint density at radius 3 is 2.72 bits per heavy atom. The van der Waals surface area contributed by atoms with Gasteiger partial charge in [0.25, 0.3) is 0 Å². The first-order valence-corrected chi connectivity index (χ1v) is 10.4. The molecule has 6 heteroatoms. The maximum atomic E-state index is 11.8. The Morgan fingerprint density at radius 1 is 1.17 bits per heavy atom. The summed E-state index contributed by atoms with van der Waals surface area (Å²) in [6.45, 7) is 7.11. The molecule has 1 aliphatic carbocycles. The highest BCUT2D eigenvalue weighted by Crippen LogP contribution is 2.50. The number of ether oxygens (including phenoxy) is 2. The second-order valence-corrected chi connectivity index (χ2v) is 8.58. The van der Waals surface area contributed by atoms with E-state index in [-0.39, 0.29) is 11.9 Å². The minimum atomic E-state index is -0.974. The molecule has 29 heavy (non-hydrogen) atoms. The molecule has 0 radical (unpaired) electrons. The van der Waals surface area contributed by atoms with Crippen LogP contribution in [0, 0.1) is 25.7 Å². The molecule has 1 saturated heterocycles. The molecule has 2 heterocycles. The lowest BCUT2D eigenvalue weighted by Crippen LogP contribution is -2.43. The van der Waals surface area contributed by atoms with E-state index >= 15 is 0 Å². The lowest BCUT2D eigenvalue weighted by atomic mass is 9.68. The predicted octanol–water partition coefficient (Wildman–Crippen LogP) is 3.23. The van der Waals surface area contributed by atoms with Crippen LogP contribution in [0.2, 0.25) is 0 Å². The van der Waals surface area contributed by atoms with Gasteiger partial charge in [0.05, 0.1) is 19.8 Å². The molecule has 2 aromatic rings. The molecule has 1 aliphatic heterocycles. The van der Waals surface area contributed by atoms with E-state index in [0.29, 0.717) is 23.8 Å². The summed E-state index contributed by atoms with van der Waals surface area (Å²) in [5.74, 6) is 1.02. The molecule has 4 rings (SSSR count). The van der Waals surface area contributed by atoms with Gasteiger partial charge in [-0.05, 0) is 55.7 Å². The number of likely N-dealkylation sites (tertiary alicyclic amines) is 1. The summed E-state index contributed by atoms with van der Waals surface area (Å²) >= 11 is 0. The third kappa shape index (κ3) is 3.71. The fraction of sp³-hybridized carbons (Fsp3) is 0.565. The predicted molar refractivity (Wildman–Crippen MR) is 111 cm³/mol. The van der Waals surface area contributed by atoms with Gasteiger partial charge >= 0.3 is 6.01 Å². The van der Waals surface area contributed by atoms with E-state index in [1.165, 1.54) is 23.8 Å². The number of nitrogens with zero attached hydrogens (tertiary/aromatic N) is 3. The number of aryl methyl sites for hydroxylation is 2. The number of hydrogen-bond donors (Lipinski definition) is 1.